The van der Waals surface area contributed by atoms with E-state index in [0.717, 1.165) is 16.6 Å². The Kier molecular flexibility index (Phi) is 7.04. The average molecular weight is 460 g/mol. The Hall–Kier alpha value is -1.12. The monoisotopic (exact) mass is 458 g/mol. The minimum atomic E-state index is -0.251. The van der Waals surface area contributed by atoms with Crippen molar-refractivity contribution >= 4 is 80.4 Å². The molecule has 136 valence electrons. The van der Waals surface area contributed by atoms with Crippen LogP contribution >= 0.6 is 46.6 Å². The zero-order valence-electron chi connectivity index (χ0n) is 15.4. The summed E-state index contributed by atoms with van der Waals surface area (Å²) in [4.78, 5) is 25.6. The number of nitrogens with zero attached hydrogens (tertiary/aromatic N) is 3. The largest absolute Gasteiger partial charge is 1.00 e. The van der Waals surface area contributed by atoms with E-state index in [1.165, 1.54) is 11.8 Å². The van der Waals surface area contributed by atoms with Crippen molar-refractivity contribution in [2.45, 2.75) is 0 Å². The van der Waals surface area contributed by atoms with Crippen molar-refractivity contribution < 1.29 is 35.8 Å². The molecule has 0 aliphatic carbocycles. The van der Waals surface area contributed by atoms with Gasteiger partial charge < -0.3 is 6.74 Å². The molecule has 2 aromatic carbocycles. The quantitative estimate of drug-likeness (QED) is 0.473. The van der Waals surface area contributed by atoms with Crippen LogP contribution in [0.4, 0.5) is 5.69 Å². The fraction of sp³-hybridized carbons (Fsp3) is 0. The van der Waals surface area contributed by atoms with E-state index in [9.17, 15) is 4.79 Å². The maximum Gasteiger partial charge on any atom is 1.00 e. The van der Waals surface area contributed by atoms with Gasteiger partial charge in [-0.25, -0.2) is 4.99 Å². The summed E-state index contributed by atoms with van der Waals surface area (Å²) >= 11 is 19.4. The number of fused-ring (bicyclic) bond motifs is 1. The summed E-state index contributed by atoms with van der Waals surface area (Å²) in [5.41, 5.74) is 2.73. The van der Waals surface area contributed by atoms with Crippen molar-refractivity contribution in [2.75, 3.05) is 0 Å². The van der Waals surface area contributed by atoms with Crippen LogP contribution in [0.3, 0.4) is 0 Å². The summed E-state index contributed by atoms with van der Waals surface area (Å²) in [6, 6.07) is 8.69. The van der Waals surface area contributed by atoms with Crippen molar-refractivity contribution in [2.24, 2.45) is 4.99 Å². The van der Waals surface area contributed by atoms with Gasteiger partial charge in [0.25, 0.3) is 5.91 Å². The molecule has 0 atom stereocenters. The first-order valence-corrected chi connectivity index (χ1v) is 9.59. The number of halogens is 3. The van der Waals surface area contributed by atoms with E-state index >= 15 is 0 Å². The Balaban J connectivity index is 0.00000150. The van der Waals surface area contributed by atoms with Gasteiger partial charge in [0.2, 0.25) is 0 Å². The number of benzene rings is 2. The van der Waals surface area contributed by atoms with Crippen LogP contribution in [0, 0.1) is 0 Å². The first kappa shape index (κ1) is 21.6. The maximum atomic E-state index is 12.3. The molecule has 1 N–H and O–H groups in total. The van der Waals surface area contributed by atoms with Crippen molar-refractivity contribution in [1.29, 1.82) is 0 Å². The molecule has 2 heterocycles. The van der Waals surface area contributed by atoms with E-state index < -0.39 is 0 Å². The Morgan fingerprint density at radius 3 is 2.43 bits per heavy atom. The third-order valence-electron chi connectivity index (χ3n) is 3.64. The smallest absolute Gasteiger partial charge is 1.00 e. The molecule has 1 aromatic heterocycles. The molecule has 0 unspecified atom stereocenters. The number of aromatic nitrogens is 2. The second-order valence-corrected chi connectivity index (χ2v) is 7.79. The SMILES string of the molecule is O=C1NC(=Nc2c(Cl)cc(Cl)cc2Cl)SC1=Cc1ccc2nccnc2c1.[H-].[Na+]. The number of nitrogens with one attached hydrogen (secondary N) is 1. The topological polar surface area (TPSA) is 67.2 Å². The van der Waals surface area contributed by atoms with Gasteiger partial charge in [-0.3, -0.25) is 14.8 Å². The molecule has 4 rings (SSSR count). The summed E-state index contributed by atoms with van der Waals surface area (Å²) in [5, 5.41) is 4.12. The van der Waals surface area contributed by atoms with E-state index in [1.807, 2.05) is 18.2 Å². The van der Waals surface area contributed by atoms with Gasteiger partial charge in [-0.05, 0) is 47.7 Å². The Bertz CT molecular complexity index is 1140. The molecule has 5 nitrogen and oxygen atoms in total. The van der Waals surface area contributed by atoms with Gasteiger partial charge in [0.1, 0.15) is 5.69 Å². The van der Waals surface area contributed by atoms with Crippen LogP contribution in [0.2, 0.25) is 15.1 Å². The molecule has 1 saturated heterocycles. The molecule has 0 bridgehead atoms. The summed E-state index contributed by atoms with van der Waals surface area (Å²) in [6.07, 6.45) is 5.03. The standard InChI is InChI=1S/C18H9Cl3N4OS.Na.H/c19-10-7-11(20)16(12(21)8-10)24-18-25-17(26)15(27-18)6-9-1-2-13-14(5-9)23-4-3-22-13;;/h1-8H,(H,24,25,26);;/q;+1;-1. The zero-order chi connectivity index (χ0) is 19.0. The fourth-order valence-corrected chi connectivity index (χ4v) is 4.17. The van der Waals surface area contributed by atoms with Crippen LogP contribution in [0.25, 0.3) is 17.1 Å². The van der Waals surface area contributed by atoms with Crippen molar-refractivity contribution in [3.63, 3.8) is 0 Å². The first-order valence-electron chi connectivity index (χ1n) is 7.64. The maximum absolute atomic E-state index is 12.3. The van der Waals surface area contributed by atoms with Crippen molar-refractivity contribution in [1.82, 2.24) is 15.3 Å². The van der Waals surface area contributed by atoms with Gasteiger partial charge in [-0.1, -0.05) is 40.9 Å². The summed E-state index contributed by atoms with van der Waals surface area (Å²) in [7, 11) is 0. The molecular formula is C18H10Cl3N4NaOS. The predicted molar refractivity (Wildman–Crippen MR) is 113 cm³/mol. The van der Waals surface area contributed by atoms with Crippen molar-refractivity contribution in [3.05, 3.63) is 68.3 Å². The first-order chi connectivity index (χ1) is 13.0. The van der Waals surface area contributed by atoms with Crippen LogP contribution in [0.1, 0.15) is 6.99 Å². The number of thioether (sulfide) groups is 1. The summed E-state index contributed by atoms with van der Waals surface area (Å²) in [6.45, 7) is 0. The number of hydrogen-bond donors (Lipinski definition) is 1. The van der Waals surface area contributed by atoms with Crippen molar-refractivity contribution in [3.8, 4) is 0 Å². The molecule has 1 aliphatic heterocycles. The van der Waals surface area contributed by atoms with Gasteiger partial charge in [0, 0.05) is 17.4 Å². The fourth-order valence-electron chi connectivity index (χ4n) is 2.44. The Morgan fingerprint density at radius 1 is 1.04 bits per heavy atom. The third kappa shape index (κ3) is 4.71. The summed E-state index contributed by atoms with van der Waals surface area (Å²) < 4.78 is 0. The number of rotatable bonds is 2. The molecule has 0 saturated carbocycles. The second kappa shape index (κ2) is 9.13. The Morgan fingerprint density at radius 2 is 1.71 bits per heavy atom. The summed E-state index contributed by atoms with van der Waals surface area (Å²) in [5.74, 6) is -0.251. The molecular weight excluding hydrogens is 450 g/mol. The number of hydrogen-bond acceptors (Lipinski definition) is 5. The van der Waals surface area contributed by atoms with E-state index in [1.54, 1.807) is 30.6 Å². The third-order valence-corrected chi connectivity index (χ3v) is 5.34. The molecule has 3 aromatic rings. The van der Waals surface area contributed by atoms with Crippen LogP contribution < -0.4 is 34.9 Å². The second-order valence-electron chi connectivity index (χ2n) is 5.50. The molecule has 0 spiro atoms. The molecule has 1 amide bonds. The molecule has 28 heavy (non-hydrogen) atoms. The minimum Gasteiger partial charge on any atom is -1.00 e. The zero-order valence-corrected chi connectivity index (χ0v) is 19.5. The average Bonchev–Trinajstić information content (AvgIpc) is 2.97. The van der Waals surface area contributed by atoms with Crippen LogP contribution in [0.5, 0.6) is 0 Å². The number of amidine groups is 1. The molecule has 1 aliphatic rings. The van der Waals surface area contributed by atoms with Gasteiger partial charge in [-0.15, -0.1) is 0 Å². The van der Waals surface area contributed by atoms with Gasteiger partial charge >= 0.3 is 29.6 Å². The number of amides is 1. The predicted octanol–water partition coefficient (Wildman–Crippen LogP) is 2.60. The van der Waals surface area contributed by atoms with Crippen LogP contribution in [-0.2, 0) is 4.79 Å². The van der Waals surface area contributed by atoms with Gasteiger partial charge in [-0.2, -0.15) is 0 Å². The normalized spacial score (nSPS) is 16.5. The molecule has 1 fully saturated rings. The van der Waals surface area contributed by atoms with Crippen LogP contribution in [-0.4, -0.2) is 21.0 Å². The Labute approximate surface area is 203 Å². The van der Waals surface area contributed by atoms with Gasteiger partial charge in [0.15, 0.2) is 5.17 Å². The number of aliphatic imine (C=N–C) groups is 1. The van der Waals surface area contributed by atoms with Crippen LogP contribution in [0.15, 0.2) is 52.6 Å². The molecule has 10 heteroatoms. The van der Waals surface area contributed by atoms with E-state index in [-0.39, 0.29) is 36.9 Å². The van der Waals surface area contributed by atoms with Gasteiger partial charge in [0.05, 0.1) is 26.0 Å². The van der Waals surface area contributed by atoms with E-state index in [2.05, 4.69) is 20.3 Å². The number of carbonyl (C=O) groups excluding carboxylic acids is 1. The van der Waals surface area contributed by atoms with E-state index in [4.69, 9.17) is 34.8 Å². The minimum absolute atomic E-state index is 0. The molecule has 0 radical (unpaired) electrons. The van der Waals surface area contributed by atoms with E-state index in [0.29, 0.717) is 30.8 Å². The number of carbonyl (C=O) groups is 1.